The zero-order valence-electron chi connectivity index (χ0n) is 29.0. The number of tetrazole rings is 2. The van der Waals surface area contributed by atoms with Crippen LogP contribution in [0.4, 0.5) is 9.59 Å². The molecule has 0 unspecified atom stereocenters. The molecule has 0 saturated carbocycles. The van der Waals surface area contributed by atoms with Crippen molar-refractivity contribution in [2.45, 2.75) is 77.5 Å². The number of piperidine rings is 2. The SMILES string of the molecule is O=C(O)CCn1nnnc1SC1CCN(C(=O)Oc2ccc(CCSc3ccccn3)cc2)CC1.O=C(O)Cn1nnnc1SC1CCN(C(=O)O)CC1. The first-order valence-corrected chi connectivity index (χ1v) is 19.7. The second-order valence-corrected chi connectivity index (χ2v) is 15.7. The Labute approximate surface area is 322 Å². The van der Waals surface area contributed by atoms with Crippen LogP contribution in [0.2, 0.25) is 0 Å². The molecule has 288 valence electrons. The lowest BCUT2D eigenvalue weighted by molar-refractivity contribution is -0.138. The van der Waals surface area contributed by atoms with E-state index in [1.807, 2.05) is 42.5 Å². The zero-order chi connectivity index (χ0) is 38.3. The Bertz CT molecular complexity index is 1820. The second kappa shape index (κ2) is 20.5. The summed E-state index contributed by atoms with van der Waals surface area (Å²) in [4.78, 5) is 52.2. The predicted octanol–water partition coefficient (Wildman–Crippen LogP) is 3.63. The summed E-state index contributed by atoms with van der Waals surface area (Å²) in [5.74, 6) is -0.438. The molecule has 5 heterocycles. The summed E-state index contributed by atoms with van der Waals surface area (Å²) in [6, 6.07) is 13.5. The van der Waals surface area contributed by atoms with Crippen molar-refractivity contribution in [2.24, 2.45) is 0 Å². The highest BCUT2D eigenvalue weighted by Crippen LogP contribution is 2.30. The number of amides is 2. The number of nitrogens with zero attached hydrogens (tertiary/aromatic N) is 11. The Morgan fingerprint density at radius 2 is 1.37 bits per heavy atom. The van der Waals surface area contributed by atoms with Crippen molar-refractivity contribution in [2.75, 3.05) is 31.9 Å². The monoisotopic (exact) mass is 801 g/mol. The Hall–Kier alpha value is -4.96. The molecule has 19 nitrogen and oxygen atoms in total. The van der Waals surface area contributed by atoms with E-state index in [9.17, 15) is 19.2 Å². The first-order chi connectivity index (χ1) is 26.1. The van der Waals surface area contributed by atoms with Crippen LogP contribution in [0, 0.1) is 0 Å². The van der Waals surface area contributed by atoms with Crippen molar-refractivity contribution in [1.29, 1.82) is 0 Å². The van der Waals surface area contributed by atoms with Gasteiger partial charge in [-0.1, -0.05) is 41.7 Å². The minimum Gasteiger partial charge on any atom is -0.481 e. The first kappa shape index (κ1) is 40.2. The van der Waals surface area contributed by atoms with Gasteiger partial charge in [0.15, 0.2) is 0 Å². The molecule has 0 bridgehead atoms. The molecule has 4 aromatic rings. The van der Waals surface area contributed by atoms with Gasteiger partial charge in [0.05, 0.1) is 18.0 Å². The molecule has 22 heteroatoms. The van der Waals surface area contributed by atoms with E-state index >= 15 is 0 Å². The van der Waals surface area contributed by atoms with Crippen LogP contribution in [0.15, 0.2) is 64.0 Å². The quantitative estimate of drug-likeness (QED) is 0.154. The van der Waals surface area contributed by atoms with Gasteiger partial charge in [0.2, 0.25) is 10.3 Å². The highest BCUT2D eigenvalue weighted by atomic mass is 32.2. The fourth-order valence-electron chi connectivity index (χ4n) is 5.35. The standard InChI is InChI=1S/C23H26N6O4S2.C9H13N5O4S/c30-21(31)10-15-29-22(25-26-27-29)35-19-8-13-28(14-9-19)23(32)33-18-6-4-17(5-7-18)11-16-34-20-3-1-2-12-24-20;15-7(16)5-14-8(10-11-12-14)19-6-1-3-13(4-2-6)9(17)18/h1-7,12,19H,8-11,13-16H2,(H,30,31);6H,1-5H2,(H,15,16)(H,17,18). The molecule has 54 heavy (non-hydrogen) atoms. The van der Waals surface area contributed by atoms with Crippen LogP contribution in [0.25, 0.3) is 0 Å². The molecule has 0 radical (unpaired) electrons. The number of aryl methyl sites for hydroxylation is 2. The van der Waals surface area contributed by atoms with Crippen molar-refractivity contribution < 1.29 is 39.2 Å². The highest BCUT2D eigenvalue weighted by molar-refractivity contribution is 8.00. The molecule has 2 aliphatic rings. The molecule has 0 aliphatic carbocycles. The van der Waals surface area contributed by atoms with E-state index in [-0.39, 0.29) is 36.1 Å². The number of hydrogen-bond acceptors (Lipinski definition) is 15. The van der Waals surface area contributed by atoms with Gasteiger partial charge in [0.25, 0.3) is 0 Å². The third-order valence-corrected chi connectivity index (χ3v) is 11.7. The molecule has 2 amide bonds. The maximum absolute atomic E-state index is 12.6. The van der Waals surface area contributed by atoms with Gasteiger partial charge < -0.3 is 29.9 Å². The number of carbonyl (C=O) groups excluding carboxylic acids is 1. The van der Waals surface area contributed by atoms with Gasteiger partial charge in [-0.15, -0.1) is 22.0 Å². The fourth-order valence-corrected chi connectivity index (χ4v) is 8.33. The lowest BCUT2D eigenvalue weighted by Gasteiger charge is -2.30. The number of likely N-dealkylation sites (tertiary alicyclic amines) is 2. The number of carboxylic acid groups (broad SMARTS) is 3. The second-order valence-electron chi connectivity index (χ2n) is 12.0. The van der Waals surface area contributed by atoms with E-state index in [1.54, 1.807) is 22.9 Å². The Kier molecular flexibility index (Phi) is 15.3. The predicted molar refractivity (Wildman–Crippen MR) is 196 cm³/mol. The van der Waals surface area contributed by atoms with Gasteiger partial charge in [-0.3, -0.25) is 9.59 Å². The van der Waals surface area contributed by atoms with E-state index < -0.39 is 18.0 Å². The van der Waals surface area contributed by atoms with Gasteiger partial charge in [0.1, 0.15) is 12.3 Å². The largest absolute Gasteiger partial charge is 0.481 e. The minimum absolute atomic E-state index is 0.0337. The van der Waals surface area contributed by atoms with E-state index in [4.69, 9.17) is 20.1 Å². The first-order valence-electron chi connectivity index (χ1n) is 17.0. The van der Waals surface area contributed by atoms with Crippen molar-refractivity contribution in [3.8, 4) is 5.75 Å². The normalized spacial score (nSPS) is 15.0. The molecule has 0 spiro atoms. The third kappa shape index (κ3) is 12.9. The summed E-state index contributed by atoms with van der Waals surface area (Å²) in [7, 11) is 0. The average molecular weight is 802 g/mol. The van der Waals surface area contributed by atoms with Gasteiger partial charge in [0, 0.05) is 48.6 Å². The average Bonchev–Trinajstić information content (AvgIpc) is 3.80. The molecule has 2 fully saturated rings. The number of carboxylic acids is 2. The summed E-state index contributed by atoms with van der Waals surface area (Å²) in [5.41, 5.74) is 1.18. The number of hydrogen-bond donors (Lipinski definition) is 3. The van der Waals surface area contributed by atoms with Crippen molar-refractivity contribution in [3.05, 3.63) is 54.2 Å². The summed E-state index contributed by atoms with van der Waals surface area (Å²) < 4.78 is 8.32. The van der Waals surface area contributed by atoms with Gasteiger partial charge in [-0.05, 0) is 82.8 Å². The van der Waals surface area contributed by atoms with Crippen LogP contribution in [-0.4, -0.2) is 137 Å². The van der Waals surface area contributed by atoms with E-state index in [2.05, 4.69) is 36.0 Å². The number of thioether (sulfide) groups is 3. The van der Waals surface area contributed by atoms with Crippen LogP contribution >= 0.6 is 35.3 Å². The highest BCUT2D eigenvalue weighted by Gasteiger charge is 2.27. The van der Waals surface area contributed by atoms with Crippen LogP contribution in [-0.2, 0) is 29.1 Å². The van der Waals surface area contributed by atoms with E-state index in [0.29, 0.717) is 55.1 Å². The Morgan fingerprint density at radius 1 is 0.759 bits per heavy atom. The molecule has 3 N–H and O–H groups in total. The van der Waals surface area contributed by atoms with Gasteiger partial charge in [-0.25, -0.2) is 23.9 Å². The molecule has 3 aromatic heterocycles. The molecule has 2 aliphatic heterocycles. The van der Waals surface area contributed by atoms with Crippen LogP contribution in [0.3, 0.4) is 0 Å². The third-order valence-electron chi connectivity index (χ3n) is 8.18. The molecule has 2 saturated heterocycles. The number of benzene rings is 1. The topological polar surface area (TPSA) is 245 Å². The minimum atomic E-state index is -1.00. The molecule has 0 atom stereocenters. The van der Waals surface area contributed by atoms with Crippen LogP contribution < -0.4 is 4.74 Å². The molecule has 6 rings (SSSR count). The maximum Gasteiger partial charge on any atom is 0.415 e. The molecule has 1 aromatic carbocycles. The molecular formula is C32H39N11O8S3. The lowest BCUT2D eigenvalue weighted by atomic mass is 10.1. The summed E-state index contributed by atoms with van der Waals surface area (Å²) >= 11 is 4.63. The number of carbonyl (C=O) groups is 4. The fraction of sp³-hybridized carbons (Fsp3) is 0.469. The Morgan fingerprint density at radius 3 is 1.94 bits per heavy atom. The number of pyridine rings is 1. The number of ether oxygens (including phenoxy) is 1. The van der Waals surface area contributed by atoms with Crippen molar-refractivity contribution >= 4 is 59.4 Å². The number of aromatic nitrogens is 9. The molecular weight excluding hydrogens is 763 g/mol. The van der Waals surface area contributed by atoms with Crippen molar-refractivity contribution in [1.82, 2.24) is 55.2 Å². The van der Waals surface area contributed by atoms with Gasteiger partial charge >= 0.3 is 24.1 Å². The maximum atomic E-state index is 12.6. The zero-order valence-corrected chi connectivity index (χ0v) is 31.4. The number of aliphatic carboxylic acids is 2. The van der Waals surface area contributed by atoms with Crippen molar-refractivity contribution in [3.63, 3.8) is 0 Å². The van der Waals surface area contributed by atoms with Gasteiger partial charge in [-0.2, -0.15) is 0 Å². The van der Waals surface area contributed by atoms with E-state index in [0.717, 1.165) is 30.0 Å². The Balaban J connectivity index is 0.000000249. The van der Waals surface area contributed by atoms with Crippen LogP contribution in [0.5, 0.6) is 5.75 Å². The summed E-state index contributed by atoms with van der Waals surface area (Å²) in [5, 5.41) is 51.3. The summed E-state index contributed by atoms with van der Waals surface area (Å²) in [6.45, 7) is 2.08. The summed E-state index contributed by atoms with van der Waals surface area (Å²) in [6.07, 6.45) is 4.37. The number of rotatable bonds is 14. The lowest BCUT2D eigenvalue weighted by Crippen LogP contribution is -2.41. The smallest absolute Gasteiger partial charge is 0.415 e. The van der Waals surface area contributed by atoms with Crippen LogP contribution in [0.1, 0.15) is 37.7 Å². The van der Waals surface area contributed by atoms with E-state index in [1.165, 1.54) is 43.4 Å².